The van der Waals surface area contributed by atoms with Gasteiger partial charge in [0.25, 0.3) is 10.0 Å². The number of carbonyl (C=O) groups is 1. The summed E-state index contributed by atoms with van der Waals surface area (Å²) in [4.78, 5) is 12.6. The molecule has 0 radical (unpaired) electrons. The minimum absolute atomic E-state index is 0. The van der Waals surface area contributed by atoms with Crippen molar-refractivity contribution >= 4 is 28.3 Å². The van der Waals surface area contributed by atoms with Crippen LogP contribution in [0.2, 0.25) is 0 Å². The molecule has 1 amide bonds. The third kappa shape index (κ3) is 4.55. The fourth-order valence-corrected chi connectivity index (χ4v) is 4.64. The van der Waals surface area contributed by atoms with Crippen LogP contribution < -0.4 is 11.1 Å². The van der Waals surface area contributed by atoms with Gasteiger partial charge in [0.15, 0.2) is 0 Å². The van der Waals surface area contributed by atoms with Gasteiger partial charge in [-0.2, -0.15) is 13.1 Å². The first kappa shape index (κ1) is 24.5. The summed E-state index contributed by atoms with van der Waals surface area (Å²) >= 11 is 0. The predicted molar refractivity (Wildman–Crippen MR) is 100 cm³/mol. The number of nitrogens with one attached hydrogen (secondary N) is 1. The number of nitrogens with zero attached hydrogens (tertiary/aromatic N) is 1. The highest BCUT2D eigenvalue weighted by molar-refractivity contribution is 7.89. The van der Waals surface area contributed by atoms with Gasteiger partial charge in [0, 0.05) is 38.1 Å². The molecule has 0 aromatic heterocycles. The van der Waals surface area contributed by atoms with E-state index in [0.29, 0.717) is 32.4 Å². The van der Waals surface area contributed by atoms with Crippen molar-refractivity contribution in [3.63, 3.8) is 0 Å². The van der Waals surface area contributed by atoms with E-state index in [-0.39, 0.29) is 43.4 Å². The van der Waals surface area contributed by atoms with Gasteiger partial charge in [0.1, 0.15) is 5.54 Å². The van der Waals surface area contributed by atoms with E-state index in [9.17, 15) is 22.0 Å². The third-order valence-corrected chi connectivity index (χ3v) is 7.48. The SMILES string of the molecule is CCOC1CC(N)(C(=O)NCC2CCN(S(=O)(=O)C(F)F)CC2)C1(C)C.Cl. The van der Waals surface area contributed by atoms with Crippen molar-refractivity contribution in [1.29, 1.82) is 0 Å². The Hall–Kier alpha value is -0.550. The number of piperidine rings is 1. The molecule has 0 aromatic carbocycles. The summed E-state index contributed by atoms with van der Waals surface area (Å²) in [5.41, 5.74) is 4.82. The molecule has 7 nitrogen and oxygen atoms in total. The molecule has 1 aliphatic heterocycles. The highest BCUT2D eigenvalue weighted by atomic mass is 35.5. The van der Waals surface area contributed by atoms with E-state index in [4.69, 9.17) is 10.5 Å². The van der Waals surface area contributed by atoms with Crippen molar-refractivity contribution in [3.8, 4) is 0 Å². The zero-order chi connectivity index (χ0) is 19.8. The maximum absolute atomic E-state index is 12.6. The molecule has 2 atom stereocenters. The van der Waals surface area contributed by atoms with Gasteiger partial charge >= 0.3 is 5.76 Å². The van der Waals surface area contributed by atoms with Crippen molar-refractivity contribution in [2.75, 3.05) is 26.2 Å². The van der Waals surface area contributed by atoms with Gasteiger partial charge in [-0.3, -0.25) is 4.79 Å². The minimum Gasteiger partial charge on any atom is -0.378 e. The van der Waals surface area contributed by atoms with Crippen LogP contribution in [0.25, 0.3) is 0 Å². The molecule has 2 rings (SSSR count). The zero-order valence-corrected chi connectivity index (χ0v) is 17.5. The molecule has 1 heterocycles. The summed E-state index contributed by atoms with van der Waals surface area (Å²) in [7, 11) is -4.52. The normalized spacial score (nSPS) is 29.1. The molecule has 11 heteroatoms. The summed E-state index contributed by atoms with van der Waals surface area (Å²) in [6.07, 6.45) is 1.24. The van der Waals surface area contributed by atoms with Gasteiger partial charge in [0.05, 0.1) is 6.10 Å². The van der Waals surface area contributed by atoms with Gasteiger partial charge in [-0.25, -0.2) is 8.42 Å². The van der Waals surface area contributed by atoms with Crippen molar-refractivity contribution in [1.82, 2.24) is 9.62 Å². The van der Waals surface area contributed by atoms with E-state index in [1.807, 2.05) is 20.8 Å². The Balaban J connectivity index is 0.00000364. The number of amides is 1. The number of hydrogen-bond donors (Lipinski definition) is 2. The lowest BCUT2D eigenvalue weighted by Gasteiger charge is -2.57. The van der Waals surface area contributed by atoms with E-state index < -0.39 is 26.7 Å². The van der Waals surface area contributed by atoms with Crippen LogP contribution in [0.1, 0.15) is 40.0 Å². The third-order valence-electron chi connectivity index (χ3n) is 5.94. The summed E-state index contributed by atoms with van der Waals surface area (Å²) < 4.78 is 54.5. The van der Waals surface area contributed by atoms with Crippen molar-refractivity contribution in [2.45, 2.75) is 57.4 Å². The molecular weight excluding hydrogens is 404 g/mol. The first-order chi connectivity index (χ1) is 12.0. The predicted octanol–water partition coefficient (Wildman–Crippen LogP) is 1.32. The lowest BCUT2D eigenvalue weighted by molar-refractivity contribution is -0.170. The standard InChI is InChI=1S/C16H29F2N3O4S.ClH/c1-4-25-12-9-16(19,15(12,2)3)13(22)20-10-11-5-7-21(8-6-11)26(23,24)14(17)18;/h11-12,14H,4-10,19H2,1-3H3,(H,20,22);1H. The number of carbonyl (C=O) groups excluding carboxylic acids is 1. The van der Waals surface area contributed by atoms with Gasteiger partial charge in [-0.1, -0.05) is 13.8 Å². The van der Waals surface area contributed by atoms with Crippen LogP contribution in [0.5, 0.6) is 0 Å². The molecule has 27 heavy (non-hydrogen) atoms. The molecule has 3 N–H and O–H groups in total. The van der Waals surface area contributed by atoms with Gasteiger partial charge in [-0.15, -0.1) is 12.4 Å². The highest BCUT2D eigenvalue weighted by Gasteiger charge is 2.62. The van der Waals surface area contributed by atoms with Crippen LogP contribution in [0.15, 0.2) is 0 Å². The maximum Gasteiger partial charge on any atom is 0.350 e. The molecule has 2 aliphatic rings. The molecule has 1 aliphatic carbocycles. The second kappa shape index (κ2) is 8.86. The van der Waals surface area contributed by atoms with Gasteiger partial charge < -0.3 is 15.8 Å². The Morgan fingerprint density at radius 1 is 1.33 bits per heavy atom. The number of rotatable bonds is 7. The van der Waals surface area contributed by atoms with Crippen LogP contribution in [0.3, 0.4) is 0 Å². The number of hydrogen-bond acceptors (Lipinski definition) is 5. The zero-order valence-electron chi connectivity index (χ0n) is 15.9. The summed E-state index contributed by atoms with van der Waals surface area (Å²) in [5.74, 6) is -3.60. The van der Waals surface area contributed by atoms with Gasteiger partial charge in [-0.05, 0) is 25.7 Å². The maximum atomic E-state index is 12.6. The molecule has 0 aromatic rings. The first-order valence-electron chi connectivity index (χ1n) is 8.92. The van der Waals surface area contributed by atoms with Crippen LogP contribution in [0.4, 0.5) is 8.78 Å². The lowest BCUT2D eigenvalue weighted by Crippen LogP contribution is -2.75. The molecular formula is C16H30ClF2N3O4S. The monoisotopic (exact) mass is 433 g/mol. The topological polar surface area (TPSA) is 102 Å². The average Bonchev–Trinajstić information content (AvgIpc) is 2.59. The van der Waals surface area contributed by atoms with Crippen LogP contribution in [-0.4, -0.2) is 62.3 Å². The molecule has 0 spiro atoms. The minimum atomic E-state index is -4.52. The first-order valence-corrected chi connectivity index (χ1v) is 10.4. The Morgan fingerprint density at radius 2 is 1.89 bits per heavy atom. The van der Waals surface area contributed by atoms with E-state index in [1.165, 1.54) is 0 Å². The highest BCUT2D eigenvalue weighted by Crippen LogP contribution is 2.49. The Morgan fingerprint density at radius 3 is 2.33 bits per heavy atom. The Kier molecular flexibility index (Phi) is 8.03. The van der Waals surface area contributed by atoms with Crippen molar-refractivity contribution in [3.05, 3.63) is 0 Å². The van der Waals surface area contributed by atoms with E-state index in [1.54, 1.807) is 0 Å². The number of alkyl halides is 2. The fourth-order valence-electron chi connectivity index (χ4n) is 3.70. The van der Waals surface area contributed by atoms with Gasteiger partial charge in [0.2, 0.25) is 5.91 Å². The van der Waals surface area contributed by atoms with E-state index >= 15 is 0 Å². The molecule has 1 saturated heterocycles. The lowest BCUT2D eigenvalue weighted by atomic mass is 9.54. The smallest absolute Gasteiger partial charge is 0.350 e. The van der Waals surface area contributed by atoms with E-state index in [0.717, 1.165) is 4.31 Å². The number of ether oxygens (including phenoxy) is 1. The molecule has 2 fully saturated rings. The number of nitrogens with two attached hydrogens (primary N) is 1. The van der Waals surface area contributed by atoms with Crippen molar-refractivity contribution < 1.29 is 26.7 Å². The molecule has 160 valence electrons. The average molecular weight is 434 g/mol. The summed E-state index contributed by atoms with van der Waals surface area (Å²) in [6.45, 7) is 6.71. The second-order valence-electron chi connectivity index (χ2n) is 7.70. The Bertz CT molecular complexity index is 627. The largest absolute Gasteiger partial charge is 0.378 e. The second-order valence-corrected chi connectivity index (χ2v) is 9.60. The quantitative estimate of drug-likeness (QED) is 0.630. The van der Waals surface area contributed by atoms with E-state index in [2.05, 4.69) is 5.32 Å². The van der Waals surface area contributed by atoms with Crippen LogP contribution in [0, 0.1) is 11.3 Å². The fraction of sp³-hybridized carbons (Fsp3) is 0.938. The molecule has 1 saturated carbocycles. The number of halogens is 3. The molecule has 2 unspecified atom stereocenters. The Labute approximate surface area is 165 Å². The van der Waals surface area contributed by atoms with Crippen molar-refractivity contribution in [2.24, 2.45) is 17.1 Å². The van der Waals surface area contributed by atoms with Crippen LogP contribution in [-0.2, 0) is 19.6 Å². The summed E-state index contributed by atoms with van der Waals surface area (Å²) in [5, 5.41) is 2.85. The van der Waals surface area contributed by atoms with Crippen LogP contribution >= 0.6 is 12.4 Å². The molecule has 0 bridgehead atoms. The summed E-state index contributed by atoms with van der Waals surface area (Å²) in [6, 6.07) is 0. The number of sulfonamides is 1.